The number of hydrogen-bond donors (Lipinski definition) is 2. The minimum Gasteiger partial charge on any atom is -0.396 e. The molecule has 21 heavy (non-hydrogen) atoms. The highest BCUT2D eigenvalue weighted by Gasteiger charge is 2.15. The van der Waals surface area contributed by atoms with Crippen molar-refractivity contribution in [2.45, 2.75) is 33.2 Å². The van der Waals surface area contributed by atoms with Gasteiger partial charge in [0.2, 0.25) is 0 Å². The summed E-state index contributed by atoms with van der Waals surface area (Å²) in [6.07, 6.45) is 0.921. The molecule has 0 radical (unpaired) electrons. The van der Waals surface area contributed by atoms with Gasteiger partial charge in [0.25, 0.3) is 0 Å². The maximum Gasteiger partial charge on any atom is 0.150 e. The Bertz CT molecular complexity index is 590. The third-order valence-corrected chi connectivity index (χ3v) is 3.42. The Labute approximate surface area is 124 Å². The first-order valence-electron chi connectivity index (χ1n) is 7.02. The lowest BCUT2D eigenvalue weighted by Crippen LogP contribution is -2.25. The van der Waals surface area contributed by atoms with E-state index in [1.165, 1.54) is 0 Å². The van der Waals surface area contributed by atoms with E-state index in [0.717, 1.165) is 29.1 Å². The topological polar surface area (TPSA) is 86.2 Å². The second kappa shape index (κ2) is 6.58. The van der Waals surface area contributed by atoms with Gasteiger partial charge in [0, 0.05) is 7.11 Å². The molecule has 0 aliphatic rings. The smallest absolute Gasteiger partial charge is 0.150 e. The number of hydrogen-bond acceptors (Lipinski definition) is 6. The summed E-state index contributed by atoms with van der Waals surface area (Å²) in [7, 11) is 1.68. The zero-order valence-electron chi connectivity index (χ0n) is 12.9. The van der Waals surface area contributed by atoms with Crippen LogP contribution in [0.4, 0.5) is 11.5 Å². The number of pyridine rings is 1. The first kappa shape index (κ1) is 15.3. The third kappa shape index (κ3) is 3.33. The van der Waals surface area contributed by atoms with Crippen molar-refractivity contribution in [3.8, 4) is 11.3 Å². The SMILES string of the molecule is CC[C@@H](COC)Nc1nc(-c2c(C)noc2C)ccc1N. The average molecular weight is 290 g/mol. The van der Waals surface area contributed by atoms with Gasteiger partial charge in [0.05, 0.1) is 35.3 Å². The van der Waals surface area contributed by atoms with Crippen molar-refractivity contribution in [3.05, 3.63) is 23.6 Å². The monoisotopic (exact) mass is 290 g/mol. The van der Waals surface area contributed by atoms with Crippen molar-refractivity contribution in [1.82, 2.24) is 10.1 Å². The summed E-state index contributed by atoms with van der Waals surface area (Å²) in [6.45, 7) is 6.47. The molecule has 2 aromatic heterocycles. The lowest BCUT2D eigenvalue weighted by atomic mass is 10.1. The van der Waals surface area contributed by atoms with Crippen LogP contribution < -0.4 is 11.1 Å². The molecule has 114 valence electrons. The van der Waals surface area contributed by atoms with E-state index in [-0.39, 0.29) is 6.04 Å². The van der Waals surface area contributed by atoms with E-state index in [2.05, 4.69) is 22.4 Å². The molecule has 0 aliphatic heterocycles. The molecule has 1 atom stereocenters. The highest BCUT2D eigenvalue weighted by molar-refractivity contribution is 5.71. The average Bonchev–Trinajstić information content (AvgIpc) is 2.80. The number of nitrogens with one attached hydrogen (secondary N) is 1. The standard InChI is InChI=1S/C15H22N4O2/c1-5-11(8-20-4)17-15-12(16)6-7-13(18-15)14-9(2)19-21-10(14)3/h6-7,11H,5,8,16H2,1-4H3,(H,17,18)/t11-/m0/s1. The van der Waals surface area contributed by atoms with Crippen LogP contribution in [0.3, 0.4) is 0 Å². The highest BCUT2D eigenvalue weighted by atomic mass is 16.5. The van der Waals surface area contributed by atoms with Gasteiger partial charge in [0.1, 0.15) is 11.6 Å². The number of anilines is 2. The van der Waals surface area contributed by atoms with Gasteiger partial charge in [-0.05, 0) is 32.4 Å². The summed E-state index contributed by atoms with van der Waals surface area (Å²) in [4.78, 5) is 4.61. The molecule has 0 unspecified atom stereocenters. The summed E-state index contributed by atoms with van der Waals surface area (Å²) in [5, 5.41) is 7.29. The van der Waals surface area contributed by atoms with Gasteiger partial charge in [-0.25, -0.2) is 4.98 Å². The van der Waals surface area contributed by atoms with Gasteiger partial charge >= 0.3 is 0 Å². The van der Waals surface area contributed by atoms with Crippen LogP contribution in [0.25, 0.3) is 11.3 Å². The van der Waals surface area contributed by atoms with Gasteiger partial charge in [-0.1, -0.05) is 12.1 Å². The molecule has 0 spiro atoms. The first-order valence-corrected chi connectivity index (χ1v) is 7.02. The number of rotatable bonds is 6. The predicted octanol–water partition coefficient (Wildman–Crippen LogP) is 2.77. The molecule has 6 nitrogen and oxygen atoms in total. The molecule has 2 aromatic rings. The van der Waals surface area contributed by atoms with Crippen molar-refractivity contribution in [3.63, 3.8) is 0 Å². The van der Waals surface area contributed by atoms with E-state index in [0.29, 0.717) is 18.1 Å². The molecule has 0 aliphatic carbocycles. The molecule has 0 aromatic carbocycles. The van der Waals surface area contributed by atoms with Crippen molar-refractivity contribution in [1.29, 1.82) is 0 Å². The minimum absolute atomic E-state index is 0.171. The molecular formula is C15H22N4O2. The van der Waals surface area contributed by atoms with E-state index >= 15 is 0 Å². The van der Waals surface area contributed by atoms with Crippen LogP contribution in [0.15, 0.2) is 16.7 Å². The van der Waals surface area contributed by atoms with Gasteiger partial charge in [-0.2, -0.15) is 0 Å². The second-order valence-corrected chi connectivity index (χ2v) is 5.04. The predicted molar refractivity (Wildman–Crippen MR) is 83.2 cm³/mol. The number of nitrogens with two attached hydrogens (primary N) is 1. The number of nitrogen functional groups attached to an aromatic ring is 1. The Balaban J connectivity index is 2.33. The summed E-state index contributed by atoms with van der Waals surface area (Å²) < 4.78 is 10.4. The fraction of sp³-hybridized carbons (Fsp3) is 0.467. The van der Waals surface area contributed by atoms with E-state index in [1.54, 1.807) is 7.11 Å². The van der Waals surface area contributed by atoms with Gasteiger partial charge in [0.15, 0.2) is 0 Å². The van der Waals surface area contributed by atoms with Crippen LogP contribution in [0.1, 0.15) is 24.8 Å². The number of nitrogens with zero attached hydrogens (tertiary/aromatic N) is 2. The van der Waals surface area contributed by atoms with Gasteiger partial charge in [-0.3, -0.25) is 0 Å². The van der Waals surface area contributed by atoms with E-state index in [9.17, 15) is 0 Å². The normalized spacial score (nSPS) is 12.4. The zero-order valence-corrected chi connectivity index (χ0v) is 12.9. The van der Waals surface area contributed by atoms with Gasteiger partial charge in [-0.15, -0.1) is 0 Å². The summed E-state index contributed by atoms with van der Waals surface area (Å²) in [5.41, 5.74) is 9.16. The summed E-state index contributed by atoms with van der Waals surface area (Å²) in [6, 6.07) is 3.89. The molecule has 0 saturated carbocycles. The third-order valence-electron chi connectivity index (χ3n) is 3.42. The molecule has 0 saturated heterocycles. The Hall–Kier alpha value is -2.08. The Kier molecular flexibility index (Phi) is 4.80. The second-order valence-electron chi connectivity index (χ2n) is 5.04. The van der Waals surface area contributed by atoms with Crippen LogP contribution in [-0.4, -0.2) is 29.9 Å². The van der Waals surface area contributed by atoms with Crippen LogP contribution in [0, 0.1) is 13.8 Å². The Morgan fingerprint density at radius 3 is 2.71 bits per heavy atom. The molecule has 0 bridgehead atoms. The molecular weight excluding hydrogens is 268 g/mol. The number of methoxy groups -OCH3 is 1. The fourth-order valence-corrected chi connectivity index (χ4v) is 2.23. The lowest BCUT2D eigenvalue weighted by Gasteiger charge is -2.18. The summed E-state index contributed by atoms with van der Waals surface area (Å²) >= 11 is 0. The van der Waals surface area contributed by atoms with Crippen molar-refractivity contribution < 1.29 is 9.26 Å². The molecule has 0 fully saturated rings. The number of aromatic nitrogens is 2. The molecule has 2 heterocycles. The number of ether oxygens (including phenoxy) is 1. The molecule has 2 rings (SSSR count). The Morgan fingerprint density at radius 2 is 2.14 bits per heavy atom. The molecule has 3 N–H and O–H groups in total. The van der Waals surface area contributed by atoms with Crippen LogP contribution in [-0.2, 0) is 4.74 Å². The van der Waals surface area contributed by atoms with Crippen LogP contribution >= 0.6 is 0 Å². The Morgan fingerprint density at radius 1 is 1.38 bits per heavy atom. The maximum atomic E-state index is 6.01. The maximum absolute atomic E-state index is 6.01. The van der Waals surface area contributed by atoms with Crippen LogP contribution in [0.5, 0.6) is 0 Å². The minimum atomic E-state index is 0.171. The fourth-order valence-electron chi connectivity index (χ4n) is 2.23. The van der Waals surface area contributed by atoms with Crippen LogP contribution in [0.2, 0.25) is 0 Å². The zero-order chi connectivity index (χ0) is 15.4. The first-order chi connectivity index (χ1) is 10.1. The molecule has 0 amide bonds. The van der Waals surface area contributed by atoms with Crippen molar-refractivity contribution in [2.75, 3.05) is 24.8 Å². The molecule has 6 heteroatoms. The largest absolute Gasteiger partial charge is 0.396 e. The van der Waals surface area contributed by atoms with E-state index in [1.807, 2.05) is 26.0 Å². The van der Waals surface area contributed by atoms with E-state index in [4.69, 9.17) is 15.0 Å². The van der Waals surface area contributed by atoms with Crippen molar-refractivity contribution >= 4 is 11.5 Å². The lowest BCUT2D eigenvalue weighted by molar-refractivity contribution is 0.184. The number of aryl methyl sites for hydroxylation is 2. The van der Waals surface area contributed by atoms with E-state index < -0.39 is 0 Å². The van der Waals surface area contributed by atoms with Gasteiger partial charge < -0.3 is 20.3 Å². The quantitative estimate of drug-likeness (QED) is 0.850. The summed E-state index contributed by atoms with van der Waals surface area (Å²) in [5.74, 6) is 1.41. The van der Waals surface area contributed by atoms with Crippen molar-refractivity contribution in [2.24, 2.45) is 0 Å². The highest BCUT2D eigenvalue weighted by Crippen LogP contribution is 2.28.